The molecule has 0 aliphatic carbocycles. The van der Waals surface area contributed by atoms with E-state index in [-0.39, 0.29) is 17.2 Å². The minimum Gasteiger partial charge on any atom is -0.497 e. The van der Waals surface area contributed by atoms with Crippen LogP contribution in [0.3, 0.4) is 0 Å². The van der Waals surface area contributed by atoms with Crippen molar-refractivity contribution in [2.45, 2.75) is 11.0 Å². The Kier molecular flexibility index (Phi) is 6.59. The number of para-hydroxylation sites is 2. The van der Waals surface area contributed by atoms with Crippen molar-refractivity contribution in [2.24, 2.45) is 0 Å². The number of ether oxygens (including phenoxy) is 2. The summed E-state index contributed by atoms with van der Waals surface area (Å²) in [5.74, 6) is 0.300. The van der Waals surface area contributed by atoms with Crippen LogP contribution in [0.4, 0.5) is 17.1 Å². The van der Waals surface area contributed by atoms with Gasteiger partial charge in [0.1, 0.15) is 11.5 Å². The number of nitrogens with one attached hydrogen (secondary N) is 2. The number of amides is 1. The first-order chi connectivity index (χ1) is 16.6. The van der Waals surface area contributed by atoms with Gasteiger partial charge >= 0.3 is 0 Å². The van der Waals surface area contributed by atoms with Gasteiger partial charge in [-0.2, -0.15) is 0 Å². The van der Waals surface area contributed by atoms with Crippen molar-refractivity contribution in [3.05, 3.63) is 72.8 Å². The van der Waals surface area contributed by atoms with Crippen LogP contribution in [-0.4, -0.2) is 48.8 Å². The monoisotopic (exact) mass is 517 g/mol. The molecule has 0 radical (unpaired) electrons. The normalized spacial score (nSPS) is 15.5. The molecule has 1 aliphatic rings. The molecule has 0 unspecified atom stereocenters. The number of anilines is 3. The summed E-state index contributed by atoms with van der Waals surface area (Å²) in [5.41, 5.74) is 1.05. The maximum Gasteiger partial charge on any atom is 0.267 e. The fraction of sp³-hybridized carbons (Fsp3) is 0.174. The predicted molar refractivity (Wildman–Crippen MR) is 132 cm³/mol. The molecule has 1 aliphatic heterocycles. The van der Waals surface area contributed by atoms with Crippen LogP contribution >= 0.6 is 0 Å². The third-order valence-corrected chi connectivity index (χ3v) is 7.75. The Hall–Kier alpha value is -3.77. The second kappa shape index (κ2) is 9.47. The Bertz CT molecular complexity index is 1440. The number of hydrogen-bond acceptors (Lipinski definition) is 7. The average Bonchev–Trinajstić information content (AvgIpc) is 2.83. The molecule has 10 nitrogen and oxygen atoms in total. The molecule has 0 saturated carbocycles. The van der Waals surface area contributed by atoms with E-state index >= 15 is 0 Å². The molecule has 184 valence electrons. The van der Waals surface area contributed by atoms with Crippen LogP contribution in [0.5, 0.6) is 11.5 Å². The van der Waals surface area contributed by atoms with Crippen LogP contribution < -0.4 is 23.8 Å². The Balaban J connectivity index is 1.46. The molecular formula is C23H23N3O7S2. The molecule has 0 bridgehead atoms. The summed E-state index contributed by atoms with van der Waals surface area (Å²) in [6, 6.07) is 18.5. The largest absolute Gasteiger partial charge is 0.497 e. The fourth-order valence-corrected chi connectivity index (χ4v) is 5.44. The molecule has 4 rings (SSSR count). The zero-order valence-electron chi connectivity index (χ0n) is 18.8. The maximum absolute atomic E-state index is 12.8. The van der Waals surface area contributed by atoms with E-state index in [1.165, 1.54) is 31.4 Å². The van der Waals surface area contributed by atoms with E-state index in [0.717, 1.165) is 10.6 Å². The van der Waals surface area contributed by atoms with Gasteiger partial charge in [0.25, 0.3) is 15.9 Å². The SMILES string of the molecule is COc1ccc(NS(=O)(=O)c2ccc(NC(=O)[C@@H]3CN(S(C)(=O)=O)c4ccccc4O3)cc2)cc1. The summed E-state index contributed by atoms with van der Waals surface area (Å²) in [6.45, 7) is -0.195. The van der Waals surface area contributed by atoms with E-state index in [1.54, 1.807) is 48.5 Å². The molecule has 3 aromatic rings. The highest BCUT2D eigenvalue weighted by molar-refractivity contribution is 7.92. The molecule has 1 amide bonds. The van der Waals surface area contributed by atoms with Crippen LogP contribution in [0, 0.1) is 0 Å². The first-order valence-electron chi connectivity index (χ1n) is 10.4. The van der Waals surface area contributed by atoms with E-state index in [1.807, 2.05) is 0 Å². The van der Waals surface area contributed by atoms with Crippen molar-refractivity contribution in [3.8, 4) is 11.5 Å². The molecule has 12 heteroatoms. The van der Waals surface area contributed by atoms with Gasteiger partial charge in [0.15, 0.2) is 6.10 Å². The van der Waals surface area contributed by atoms with E-state index < -0.39 is 32.1 Å². The first-order valence-corrected chi connectivity index (χ1v) is 13.7. The molecule has 3 aromatic carbocycles. The summed E-state index contributed by atoms with van der Waals surface area (Å²) in [5, 5.41) is 2.64. The summed E-state index contributed by atoms with van der Waals surface area (Å²) >= 11 is 0. The van der Waals surface area contributed by atoms with Gasteiger partial charge < -0.3 is 14.8 Å². The molecule has 0 spiro atoms. The average molecular weight is 518 g/mol. The molecular weight excluding hydrogens is 494 g/mol. The summed E-state index contributed by atoms with van der Waals surface area (Å²) in [4.78, 5) is 12.8. The van der Waals surface area contributed by atoms with Crippen molar-refractivity contribution in [1.82, 2.24) is 0 Å². The van der Waals surface area contributed by atoms with E-state index in [9.17, 15) is 21.6 Å². The Morgan fingerprint density at radius 1 is 0.943 bits per heavy atom. The number of carbonyl (C=O) groups excluding carboxylic acids is 1. The second-order valence-corrected chi connectivity index (χ2v) is 11.3. The lowest BCUT2D eigenvalue weighted by Crippen LogP contribution is -2.48. The Morgan fingerprint density at radius 2 is 1.57 bits per heavy atom. The van der Waals surface area contributed by atoms with Crippen LogP contribution in [0.25, 0.3) is 0 Å². The number of nitrogens with zero attached hydrogens (tertiary/aromatic N) is 1. The Morgan fingerprint density at radius 3 is 2.20 bits per heavy atom. The number of rotatable bonds is 7. The van der Waals surface area contributed by atoms with Gasteiger partial charge in [-0.25, -0.2) is 16.8 Å². The van der Waals surface area contributed by atoms with Crippen LogP contribution in [-0.2, 0) is 24.8 Å². The topological polar surface area (TPSA) is 131 Å². The highest BCUT2D eigenvalue weighted by atomic mass is 32.2. The van der Waals surface area contributed by atoms with E-state index in [0.29, 0.717) is 22.8 Å². The first kappa shape index (κ1) is 24.4. The highest BCUT2D eigenvalue weighted by Crippen LogP contribution is 2.34. The Labute approximate surface area is 203 Å². The molecule has 0 saturated heterocycles. The van der Waals surface area contributed by atoms with Gasteiger partial charge in [0.2, 0.25) is 10.0 Å². The van der Waals surface area contributed by atoms with Gasteiger partial charge in [0.05, 0.1) is 30.5 Å². The molecule has 35 heavy (non-hydrogen) atoms. The van der Waals surface area contributed by atoms with Gasteiger partial charge in [-0.1, -0.05) is 12.1 Å². The van der Waals surface area contributed by atoms with Crippen molar-refractivity contribution in [2.75, 3.05) is 34.3 Å². The quantitative estimate of drug-likeness (QED) is 0.493. The third kappa shape index (κ3) is 5.49. The zero-order valence-corrected chi connectivity index (χ0v) is 20.5. The lowest BCUT2D eigenvalue weighted by Gasteiger charge is -2.33. The van der Waals surface area contributed by atoms with Crippen molar-refractivity contribution >= 4 is 43.0 Å². The maximum atomic E-state index is 12.8. The van der Waals surface area contributed by atoms with E-state index in [2.05, 4.69) is 10.0 Å². The van der Waals surface area contributed by atoms with E-state index in [4.69, 9.17) is 9.47 Å². The zero-order chi connectivity index (χ0) is 25.2. The number of sulfonamides is 2. The van der Waals surface area contributed by atoms with Crippen LogP contribution in [0.1, 0.15) is 0 Å². The van der Waals surface area contributed by atoms with Gasteiger partial charge in [-0.3, -0.25) is 13.8 Å². The number of fused-ring (bicyclic) bond motifs is 1. The summed E-state index contributed by atoms with van der Waals surface area (Å²) in [7, 11) is -5.98. The van der Waals surface area contributed by atoms with Crippen LogP contribution in [0.2, 0.25) is 0 Å². The lowest BCUT2D eigenvalue weighted by atomic mass is 10.2. The van der Waals surface area contributed by atoms with Crippen molar-refractivity contribution in [3.63, 3.8) is 0 Å². The fourth-order valence-electron chi connectivity index (χ4n) is 3.47. The van der Waals surface area contributed by atoms with Gasteiger partial charge in [-0.05, 0) is 60.7 Å². The summed E-state index contributed by atoms with van der Waals surface area (Å²) in [6.07, 6.45) is -0.0387. The molecule has 0 aromatic heterocycles. The number of methoxy groups -OCH3 is 1. The van der Waals surface area contributed by atoms with Crippen molar-refractivity contribution in [1.29, 1.82) is 0 Å². The number of hydrogen-bond donors (Lipinski definition) is 2. The lowest BCUT2D eigenvalue weighted by molar-refractivity contribution is -0.122. The molecule has 1 atom stereocenters. The number of carbonyl (C=O) groups is 1. The predicted octanol–water partition coefficient (Wildman–Crippen LogP) is 2.66. The smallest absolute Gasteiger partial charge is 0.267 e. The second-order valence-electron chi connectivity index (χ2n) is 7.72. The highest BCUT2D eigenvalue weighted by Gasteiger charge is 2.34. The number of benzene rings is 3. The summed E-state index contributed by atoms with van der Waals surface area (Å²) < 4.78 is 64.2. The molecule has 1 heterocycles. The minimum absolute atomic E-state index is 0.00240. The van der Waals surface area contributed by atoms with Crippen LogP contribution in [0.15, 0.2) is 77.7 Å². The van der Waals surface area contributed by atoms with Gasteiger partial charge in [-0.15, -0.1) is 0 Å². The van der Waals surface area contributed by atoms with Crippen molar-refractivity contribution < 1.29 is 31.1 Å². The third-order valence-electron chi connectivity index (χ3n) is 5.20. The standard InChI is InChI=1S/C23H23N3O7S2/c1-32-18-11-7-17(8-12-18)25-35(30,31)19-13-9-16(10-14-19)24-23(27)22-15-26(34(2,28)29)20-5-3-4-6-21(20)33-22/h3-14,22,25H,15H2,1-2H3,(H,24,27)/t22-/m0/s1. The molecule has 0 fully saturated rings. The van der Waals surface area contributed by atoms with Gasteiger partial charge in [0, 0.05) is 11.4 Å². The molecule has 2 N–H and O–H groups in total. The minimum atomic E-state index is -3.86.